The summed E-state index contributed by atoms with van der Waals surface area (Å²) in [4.78, 5) is 2.30. The molecule has 2 aromatic heterocycles. The number of nitrogens with zero attached hydrogens (tertiary/aromatic N) is 5. The Labute approximate surface area is 174 Å². The van der Waals surface area contributed by atoms with Crippen LogP contribution in [0.1, 0.15) is 0 Å². The molecule has 0 bridgehead atoms. The molecule has 0 saturated carbocycles. The number of ether oxygens (including phenoxy) is 1. The molecule has 0 atom stereocenters. The second kappa shape index (κ2) is 7.20. The number of anilines is 1. The number of nitrogens with one attached hydrogen (secondary N) is 1. The summed E-state index contributed by atoms with van der Waals surface area (Å²) in [6.45, 7) is 2.89. The normalized spacial score (nSPS) is 14.7. The van der Waals surface area contributed by atoms with Crippen LogP contribution in [0, 0.1) is 0 Å². The van der Waals surface area contributed by atoms with E-state index < -0.39 is 0 Å². The second-order valence-corrected chi connectivity index (χ2v) is 7.66. The number of hydrogen-bond acceptors (Lipinski definition) is 5. The molecule has 3 heterocycles. The minimum absolute atomic E-state index is 0.532. The van der Waals surface area contributed by atoms with Crippen LogP contribution in [-0.4, -0.2) is 51.5 Å². The van der Waals surface area contributed by atoms with E-state index in [-0.39, 0.29) is 0 Å². The molecule has 0 radical (unpaired) electrons. The maximum atomic E-state index is 6.48. The lowest BCUT2D eigenvalue weighted by molar-refractivity contribution is 0.123. The molecule has 0 spiro atoms. The third kappa shape index (κ3) is 2.80. The summed E-state index contributed by atoms with van der Waals surface area (Å²) in [7, 11) is 0. The highest BCUT2D eigenvalue weighted by Crippen LogP contribution is 2.46. The van der Waals surface area contributed by atoms with E-state index in [9.17, 15) is 0 Å². The number of tetrazole rings is 1. The largest absolute Gasteiger partial charge is 0.378 e. The van der Waals surface area contributed by atoms with Crippen molar-refractivity contribution in [1.82, 2.24) is 25.2 Å². The standard InChI is InChI=1S/C19H16BrClN6O/c20-16-13(21)6-7-14-15(16)17(26-8-10-28-11-9-26)18(19-22-24-25-23-19)27(14)12-4-2-1-3-5-12/h1-7H,8-11H2,(H,22,23,24,25). The van der Waals surface area contributed by atoms with Crippen molar-refractivity contribution in [2.45, 2.75) is 0 Å². The van der Waals surface area contributed by atoms with Gasteiger partial charge in [-0.2, -0.15) is 5.21 Å². The predicted molar refractivity (Wildman–Crippen MR) is 112 cm³/mol. The maximum Gasteiger partial charge on any atom is 0.223 e. The third-order valence-corrected chi connectivity index (χ3v) is 6.26. The number of fused-ring (bicyclic) bond motifs is 1. The summed E-state index contributed by atoms with van der Waals surface area (Å²) in [5, 5.41) is 16.7. The van der Waals surface area contributed by atoms with Gasteiger partial charge in [-0.1, -0.05) is 29.8 Å². The first-order chi connectivity index (χ1) is 13.8. The molecular weight excluding hydrogens is 444 g/mol. The highest BCUT2D eigenvalue weighted by Gasteiger charge is 2.29. The molecule has 1 aliphatic rings. The van der Waals surface area contributed by atoms with E-state index in [0.717, 1.165) is 45.5 Å². The fourth-order valence-corrected chi connectivity index (χ4v) is 4.39. The van der Waals surface area contributed by atoms with Gasteiger partial charge in [0.05, 0.1) is 29.4 Å². The van der Waals surface area contributed by atoms with Crippen molar-refractivity contribution in [3.63, 3.8) is 0 Å². The van der Waals surface area contributed by atoms with Gasteiger partial charge < -0.3 is 14.2 Å². The first-order valence-corrected chi connectivity index (χ1v) is 10.1. The molecular formula is C19H16BrClN6O. The van der Waals surface area contributed by atoms with Crippen molar-refractivity contribution in [3.8, 4) is 17.2 Å². The molecule has 5 rings (SSSR count). The minimum atomic E-state index is 0.532. The van der Waals surface area contributed by atoms with E-state index in [1.54, 1.807) is 0 Å². The average Bonchev–Trinajstić information content (AvgIpc) is 3.38. The molecule has 7 nitrogen and oxygen atoms in total. The number of morpholine rings is 1. The van der Waals surface area contributed by atoms with Crippen LogP contribution in [-0.2, 0) is 4.74 Å². The summed E-state index contributed by atoms with van der Waals surface area (Å²) < 4.78 is 8.59. The lowest BCUT2D eigenvalue weighted by atomic mass is 10.2. The number of para-hydroxylation sites is 1. The molecule has 1 fully saturated rings. The van der Waals surface area contributed by atoms with Crippen molar-refractivity contribution in [3.05, 3.63) is 52.0 Å². The Balaban J connectivity index is 1.92. The smallest absolute Gasteiger partial charge is 0.223 e. The number of aromatic nitrogens is 5. The zero-order chi connectivity index (χ0) is 19.1. The van der Waals surface area contributed by atoms with Crippen LogP contribution in [0.4, 0.5) is 5.69 Å². The van der Waals surface area contributed by atoms with Gasteiger partial charge >= 0.3 is 0 Å². The molecule has 0 unspecified atom stereocenters. The highest BCUT2D eigenvalue weighted by molar-refractivity contribution is 9.10. The van der Waals surface area contributed by atoms with Crippen molar-refractivity contribution >= 4 is 44.1 Å². The summed E-state index contributed by atoms with van der Waals surface area (Å²) in [5.41, 5.74) is 3.93. The molecule has 142 valence electrons. The Morgan fingerprint density at radius 2 is 1.86 bits per heavy atom. The lowest BCUT2D eigenvalue weighted by Gasteiger charge is -2.29. The fraction of sp³-hybridized carbons (Fsp3) is 0.211. The van der Waals surface area contributed by atoms with Gasteiger partial charge in [0.25, 0.3) is 0 Å². The van der Waals surface area contributed by atoms with Gasteiger partial charge in [0.2, 0.25) is 5.82 Å². The number of aromatic amines is 1. The number of benzene rings is 2. The van der Waals surface area contributed by atoms with Gasteiger partial charge in [-0.05, 0) is 45.4 Å². The van der Waals surface area contributed by atoms with E-state index in [2.05, 4.69) is 58.2 Å². The number of hydrogen-bond donors (Lipinski definition) is 1. The number of halogens is 2. The van der Waals surface area contributed by atoms with Gasteiger partial charge in [0.1, 0.15) is 5.69 Å². The van der Waals surface area contributed by atoms with E-state index >= 15 is 0 Å². The molecule has 4 aromatic rings. The number of H-pyrrole nitrogens is 1. The molecule has 0 aliphatic carbocycles. The SMILES string of the molecule is Clc1ccc2c(c1Br)c(N1CCOCC1)c(-c1nn[nH]n1)n2-c1ccccc1. The van der Waals surface area contributed by atoms with Crippen molar-refractivity contribution in [2.75, 3.05) is 31.2 Å². The van der Waals surface area contributed by atoms with Gasteiger partial charge in [0.15, 0.2) is 0 Å². The third-order valence-electron chi connectivity index (χ3n) is 4.90. The van der Waals surface area contributed by atoms with Gasteiger partial charge in [0, 0.05) is 28.6 Å². The summed E-state index contributed by atoms with van der Waals surface area (Å²) in [5.74, 6) is 0.532. The monoisotopic (exact) mass is 458 g/mol. The van der Waals surface area contributed by atoms with Crippen LogP contribution < -0.4 is 4.90 Å². The number of rotatable bonds is 3. The molecule has 1 saturated heterocycles. The van der Waals surface area contributed by atoms with Crippen LogP contribution in [0.3, 0.4) is 0 Å². The van der Waals surface area contributed by atoms with Gasteiger partial charge in [-0.25, -0.2) is 0 Å². The van der Waals surface area contributed by atoms with Crippen molar-refractivity contribution in [2.24, 2.45) is 0 Å². The quantitative estimate of drug-likeness (QED) is 0.500. The van der Waals surface area contributed by atoms with Crippen molar-refractivity contribution < 1.29 is 4.74 Å². The Kier molecular flexibility index (Phi) is 4.54. The predicted octanol–water partition coefficient (Wildman–Crippen LogP) is 4.06. The first-order valence-electron chi connectivity index (χ1n) is 8.90. The molecule has 28 heavy (non-hydrogen) atoms. The van der Waals surface area contributed by atoms with Crippen LogP contribution in [0.5, 0.6) is 0 Å². The van der Waals surface area contributed by atoms with Gasteiger partial charge in [-0.15, -0.1) is 10.2 Å². The summed E-state index contributed by atoms with van der Waals surface area (Å²) in [6.07, 6.45) is 0. The Morgan fingerprint density at radius 3 is 2.57 bits per heavy atom. The zero-order valence-corrected chi connectivity index (χ0v) is 17.1. The average molecular weight is 460 g/mol. The highest BCUT2D eigenvalue weighted by atomic mass is 79.9. The Hall–Kier alpha value is -2.42. The molecule has 0 amide bonds. The van der Waals surface area contributed by atoms with Crippen LogP contribution in [0.15, 0.2) is 46.9 Å². The molecule has 9 heteroatoms. The fourth-order valence-electron chi connectivity index (χ4n) is 3.70. The zero-order valence-electron chi connectivity index (χ0n) is 14.8. The van der Waals surface area contributed by atoms with Crippen LogP contribution in [0.25, 0.3) is 28.1 Å². The van der Waals surface area contributed by atoms with E-state index in [0.29, 0.717) is 24.1 Å². The van der Waals surface area contributed by atoms with Crippen LogP contribution in [0.2, 0.25) is 5.02 Å². The maximum absolute atomic E-state index is 6.48. The lowest BCUT2D eigenvalue weighted by Crippen LogP contribution is -2.36. The molecule has 2 aromatic carbocycles. The molecule has 1 N–H and O–H groups in total. The van der Waals surface area contributed by atoms with E-state index in [1.807, 2.05) is 30.3 Å². The summed E-state index contributed by atoms with van der Waals surface area (Å²) in [6, 6.07) is 14.1. The Bertz CT molecular complexity index is 1120. The van der Waals surface area contributed by atoms with Crippen molar-refractivity contribution in [1.29, 1.82) is 0 Å². The first kappa shape index (κ1) is 17.7. The molecule has 1 aliphatic heterocycles. The Morgan fingerprint density at radius 1 is 1.07 bits per heavy atom. The summed E-state index contributed by atoms with van der Waals surface area (Å²) >= 11 is 10.2. The van der Waals surface area contributed by atoms with E-state index in [1.165, 1.54) is 0 Å². The van der Waals surface area contributed by atoms with Crippen LogP contribution >= 0.6 is 27.5 Å². The topological polar surface area (TPSA) is 71.9 Å². The van der Waals surface area contributed by atoms with Gasteiger partial charge in [-0.3, -0.25) is 0 Å². The second-order valence-electron chi connectivity index (χ2n) is 6.46. The van der Waals surface area contributed by atoms with E-state index in [4.69, 9.17) is 16.3 Å². The minimum Gasteiger partial charge on any atom is -0.378 e.